The van der Waals surface area contributed by atoms with Crippen molar-refractivity contribution in [1.82, 2.24) is 14.8 Å². The SMILES string of the molecule is CC(=O)c1cccc(NC(=O)[C@H](Sc2nnc(-c3ccoc3C)n2C)c2ccccc2)c1. The van der Waals surface area contributed by atoms with Gasteiger partial charge in [-0.25, -0.2) is 0 Å². The van der Waals surface area contributed by atoms with Crippen molar-refractivity contribution in [3.8, 4) is 11.4 Å². The zero-order valence-electron chi connectivity index (χ0n) is 17.9. The predicted octanol–water partition coefficient (Wildman–Crippen LogP) is 5.06. The van der Waals surface area contributed by atoms with E-state index in [2.05, 4.69) is 15.5 Å². The highest BCUT2D eigenvalue weighted by Gasteiger charge is 2.26. The summed E-state index contributed by atoms with van der Waals surface area (Å²) < 4.78 is 7.24. The summed E-state index contributed by atoms with van der Waals surface area (Å²) in [5.74, 6) is 1.14. The molecule has 4 aromatic rings. The van der Waals surface area contributed by atoms with Crippen molar-refractivity contribution >= 4 is 29.1 Å². The fourth-order valence-corrected chi connectivity index (χ4v) is 4.30. The highest BCUT2D eigenvalue weighted by molar-refractivity contribution is 8.00. The summed E-state index contributed by atoms with van der Waals surface area (Å²) >= 11 is 1.31. The van der Waals surface area contributed by atoms with E-state index in [0.29, 0.717) is 22.2 Å². The molecule has 0 bridgehead atoms. The van der Waals surface area contributed by atoms with Crippen molar-refractivity contribution in [2.24, 2.45) is 7.05 Å². The number of aryl methyl sites for hydroxylation is 1. The van der Waals surface area contributed by atoms with Gasteiger partial charge in [0, 0.05) is 18.3 Å². The Hall–Kier alpha value is -3.65. The summed E-state index contributed by atoms with van der Waals surface area (Å²) in [6.07, 6.45) is 1.61. The van der Waals surface area contributed by atoms with Crippen LogP contribution in [0, 0.1) is 6.92 Å². The second-order valence-electron chi connectivity index (χ2n) is 7.29. The first-order valence-corrected chi connectivity index (χ1v) is 10.9. The van der Waals surface area contributed by atoms with Crippen molar-refractivity contribution < 1.29 is 14.0 Å². The number of ketones is 1. The minimum absolute atomic E-state index is 0.0590. The lowest BCUT2D eigenvalue weighted by Gasteiger charge is -2.17. The zero-order chi connectivity index (χ0) is 22.7. The Morgan fingerprint density at radius 2 is 1.84 bits per heavy atom. The van der Waals surface area contributed by atoms with Gasteiger partial charge in [0.1, 0.15) is 11.0 Å². The summed E-state index contributed by atoms with van der Waals surface area (Å²) in [7, 11) is 1.86. The van der Waals surface area contributed by atoms with Crippen LogP contribution in [0.5, 0.6) is 0 Å². The Bertz CT molecular complexity index is 1260. The Balaban J connectivity index is 1.63. The van der Waals surface area contributed by atoms with Crippen molar-refractivity contribution in [1.29, 1.82) is 0 Å². The molecule has 32 heavy (non-hydrogen) atoms. The Morgan fingerprint density at radius 3 is 2.53 bits per heavy atom. The number of nitrogens with zero attached hydrogens (tertiary/aromatic N) is 3. The average Bonchev–Trinajstić information content (AvgIpc) is 3.37. The zero-order valence-corrected chi connectivity index (χ0v) is 18.7. The summed E-state index contributed by atoms with van der Waals surface area (Å²) in [5.41, 5.74) is 2.80. The van der Waals surface area contributed by atoms with Crippen molar-refractivity contribution in [3.05, 3.63) is 83.8 Å². The maximum absolute atomic E-state index is 13.3. The summed E-state index contributed by atoms with van der Waals surface area (Å²) in [6, 6.07) is 18.3. The van der Waals surface area contributed by atoms with E-state index >= 15 is 0 Å². The molecule has 4 rings (SSSR count). The first kappa shape index (κ1) is 21.6. The van der Waals surface area contributed by atoms with Crippen LogP contribution in [0.15, 0.2) is 76.5 Å². The van der Waals surface area contributed by atoms with Gasteiger partial charge in [-0.2, -0.15) is 0 Å². The molecule has 0 unspecified atom stereocenters. The third kappa shape index (κ3) is 4.50. The molecule has 1 N–H and O–H groups in total. The third-order valence-electron chi connectivity index (χ3n) is 5.03. The van der Waals surface area contributed by atoms with Gasteiger partial charge in [-0.05, 0) is 37.6 Å². The molecule has 0 aliphatic carbocycles. The Morgan fingerprint density at radius 1 is 1.06 bits per heavy atom. The number of hydrogen-bond donors (Lipinski definition) is 1. The number of hydrogen-bond acceptors (Lipinski definition) is 6. The van der Waals surface area contributed by atoms with Gasteiger partial charge in [0.15, 0.2) is 16.8 Å². The molecule has 7 nitrogen and oxygen atoms in total. The van der Waals surface area contributed by atoms with E-state index < -0.39 is 5.25 Å². The molecule has 2 aromatic heterocycles. The van der Waals surface area contributed by atoms with Crippen molar-refractivity contribution in [3.63, 3.8) is 0 Å². The molecule has 0 saturated heterocycles. The highest BCUT2D eigenvalue weighted by atomic mass is 32.2. The minimum Gasteiger partial charge on any atom is -0.469 e. The van der Waals surface area contributed by atoms with E-state index in [9.17, 15) is 9.59 Å². The van der Waals surface area contributed by atoms with Gasteiger partial charge in [-0.3, -0.25) is 9.59 Å². The number of carbonyl (C=O) groups is 2. The van der Waals surface area contributed by atoms with Crippen LogP contribution in [-0.2, 0) is 11.8 Å². The number of furan rings is 1. The fourth-order valence-electron chi connectivity index (χ4n) is 3.30. The van der Waals surface area contributed by atoms with E-state index in [1.165, 1.54) is 18.7 Å². The van der Waals surface area contributed by atoms with Gasteiger partial charge >= 0.3 is 0 Å². The second kappa shape index (κ2) is 9.23. The predicted molar refractivity (Wildman–Crippen MR) is 124 cm³/mol. The first-order chi connectivity index (χ1) is 15.4. The topological polar surface area (TPSA) is 90.0 Å². The lowest BCUT2D eigenvalue weighted by Crippen LogP contribution is -2.19. The van der Waals surface area contributed by atoms with Gasteiger partial charge < -0.3 is 14.3 Å². The molecule has 0 saturated carbocycles. The van der Waals surface area contributed by atoms with Crippen LogP contribution in [0.1, 0.15) is 33.9 Å². The van der Waals surface area contributed by atoms with Crippen molar-refractivity contribution in [2.75, 3.05) is 5.32 Å². The summed E-state index contributed by atoms with van der Waals surface area (Å²) in [4.78, 5) is 25.0. The molecule has 1 atom stereocenters. The van der Waals surface area contributed by atoms with E-state index in [4.69, 9.17) is 4.42 Å². The molecule has 2 heterocycles. The van der Waals surface area contributed by atoms with Crippen LogP contribution in [0.3, 0.4) is 0 Å². The van der Waals surface area contributed by atoms with Crippen LogP contribution >= 0.6 is 11.8 Å². The van der Waals surface area contributed by atoms with Gasteiger partial charge in [0.05, 0.1) is 11.8 Å². The van der Waals surface area contributed by atoms with E-state index in [-0.39, 0.29) is 11.7 Å². The number of aromatic nitrogens is 3. The molecule has 1 amide bonds. The Kier molecular flexibility index (Phi) is 6.23. The first-order valence-electron chi connectivity index (χ1n) is 10.0. The second-order valence-corrected chi connectivity index (χ2v) is 8.36. The van der Waals surface area contributed by atoms with E-state index in [1.54, 1.807) is 30.5 Å². The molecule has 8 heteroatoms. The van der Waals surface area contributed by atoms with Gasteiger partial charge in [0.25, 0.3) is 0 Å². The number of carbonyl (C=O) groups excluding carboxylic acids is 2. The normalized spacial score (nSPS) is 11.8. The molecule has 162 valence electrons. The van der Waals surface area contributed by atoms with E-state index in [0.717, 1.165) is 16.9 Å². The minimum atomic E-state index is -0.571. The van der Waals surface area contributed by atoms with Crippen LogP contribution in [0.25, 0.3) is 11.4 Å². The summed E-state index contributed by atoms with van der Waals surface area (Å²) in [5, 5.41) is 11.6. The number of thioether (sulfide) groups is 1. The van der Waals surface area contributed by atoms with Gasteiger partial charge in [0.2, 0.25) is 5.91 Å². The fraction of sp³-hybridized carbons (Fsp3) is 0.167. The average molecular weight is 447 g/mol. The molecule has 0 spiro atoms. The number of benzene rings is 2. The molecule has 2 aromatic carbocycles. The number of rotatable bonds is 7. The van der Waals surface area contributed by atoms with Crippen molar-refractivity contribution in [2.45, 2.75) is 24.3 Å². The largest absolute Gasteiger partial charge is 0.469 e. The number of nitrogens with one attached hydrogen (secondary N) is 1. The van der Waals surface area contributed by atoms with Gasteiger partial charge in [-0.15, -0.1) is 10.2 Å². The molecular formula is C24H22N4O3S. The lowest BCUT2D eigenvalue weighted by molar-refractivity contribution is -0.115. The van der Waals surface area contributed by atoms with Gasteiger partial charge in [-0.1, -0.05) is 54.2 Å². The summed E-state index contributed by atoms with van der Waals surface area (Å²) in [6.45, 7) is 3.36. The molecule has 0 aliphatic rings. The molecule has 0 aliphatic heterocycles. The van der Waals surface area contributed by atoms with Crippen LogP contribution in [-0.4, -0.2) is 26.5 Å². The highest BCUT2D eigenvalue weighted by Crippen LogP contribution is 2.36. The maximum Gasteiger partial charge on any atom is 0.242 e. The van der Waals surface area contributed by atoms with Crippen LogP contribution in [0.4, 0.5) is 5.69 Å². The number of Topliss-reactive ketones (excluding diaryl/α,β-unsaturated/α-hetero) is 1. The quantitative estimate of drug-likeness (QED) is 0.315. The monoisotopic (exact) mass is 446 g/mol. The smallest absolute Gasteiger partial charge is 0.242 e. The number of anilines is 1. The van der Waals surface area contributed by atoms with Crippen LogP contribution in [0.2, 0.25) is 0 Å². The number of amides is 1. The van der Waals surface area contributed by atoms with Crippen LogP contribution < -0.4 is 5.32 Å². The molecule has 0 fully saturated rings. The standard InChI is InChI=1S/C24H22N4O3S/c1-15(29)18-10-7-11-19(14-18)25-23(30)21(17-8-5-4-6-9-17)32-24-27-26-22(28(24)3)20-12-13-31-16(20)2/h4-14,21H,1-3H3,(H,25,30)/t21-/m1/s1. The van der Waals surface area contributed by atoms with E-state index in [1.807, 2.05) is 54.9 Å². The Labute approximate surface area is 189 Å². The lowest BCUT2D eigenvalue weighted by atomic mass is 10.1. The molecule has 0 radical (unpaired) electrons. The molecular weight excluding hydrogens is 424 g/mol. The third-order valence-corrected chi connectivity index (χ3v) is 6.32. The maximum atomic E-state index is 13.3.